The van der Waals surface area contributed by atoms with Crippen LogP contribution in [0.4, 0.5) is 4.39 Å². The van der Waals surface area contributed by atoms with Gasteiger partial charge in [0.15, 0.2) is 0 Å². The Morgan fingerprint density at radius 2 is 2.10 bits per heavy atom. The minimum Gasteiger partial charge on any atom is -0.244 e. The summed E-state index contributed by atoms with van der Waals surface area (Å²) in [5.74, 6) is 0. The summed E-state index contributed by atoms with van der Waals surface area (Å²) < 4.78 is 12.8. The van der Waals surface area contributed by atoms with Crippen LogP contribution in [0, 0.1) is 0 Å². The maximum absolute atomic E-state index is 12.8. The van der Waals surface area contributed by atoms with Gasteiger partial charge < -0.3 is 0 Å². The first-order valence-electron chi connectivity index (χ1n) is 3.53. The molecule has 10 heavy (non-hydrogen) atoms. The minimum absolute atomic E-state index is 0.581. The summed E-state index contributed by atoms with van der Waals surface area (Å²) in [5.41, 5.74) is -1.04. The number of alkyl halides is 1. The molecule has 0 atom stereocenters. The summed E-state index contributed by atoms with van der Waals surface area (Å²) in [6, 6.07) is 0. The Hall–Kier alpha value is -0.590. The van der Waals surface area contributed by atoms with Crippen molar-refractivity contribution in [2.75, 3.05) is 0 Å². The predicted molar refractivity (Wildman–Crippen MR) is 43.8 cm³/mol. The van der Waals surface area contributed by atoms with Crippen molar-refractivity contribution in [2.45, 2.75) is 32.4 Å². The van der Waals surface area contributed by atoms with Gasteiger partial charge in [0, 0.05) is 0 Å². The molecule has 0 aliphatic rings. The summed E-state index contributed by atoms with van der Waals surface area (Å²) in [5, 5.41) is 0. The van der Waals surface area contributed by atoms with Crippen molar-refractivity contribution in [3.63, 3.8) is 0 Å². The van der Waals surface area contributed by atoms with Crippen LogP contribution in [0.3, 0.4) is 0 Å². The van der Waals surface area contributed by atoms with Crippen molar-refractivity contribution in [2.24, 2.45) is 0 Å². The quantitative estimate of drug-likeness (QED) is 0.528. The molecule has 0 aliphatic carbocycles. The van der Waals surface area contributed by atoms with Crippen LogP contribution in [0.5, 0.6) is 0 Å². The molecular weight excluding hydrogens is 127 g/mol. The van der Waals surface area contributed by atoms with E-state index < -0.39 is 5.67 Å². The third-order valence-corrected chi connectivity index (χ3v) is 1.18. The minimum atomic E-state index is -1.04. The lowest BCUT2D eigenvalue weighted by atomic mass is 10.1. The molecule has 0 aromatic carbocycles. The average Bonchev–Trinajstić information content (AvgIpc) is 1.78. The number of hydrogen-bond acceptors (Lipinski definition) is 0. The lowest BCUT2D eigenvalue weighted by Crippen LogP contribution is -2.10. The molecule has 0 nitrogen and oxygen atoms in total. The normalized spacial score (nSPS) is 12.3. The maximum atomic E-state index is 12.8. The van der Waals surface area contributed by atoms with Gasteiger partial charge in [-0.05, 0) is 26.7 Å². The standard InChI is InChI=1S/C9H15F/c1-4-5-6-7-8-9(2,3)10/h4-6H,1,7-8H2,2-3H3/b6-5+. The molecule has 0 aromatic heterocycles. The fraction of sp³-hybridized carbons (Fsp3) is 0.556. The summed E-state index contributed by atoms with van der Waals surface area (Å²) >= 11 is 0. The number of halogens is 1. The van der Waals surface area contributed by atoms with Crippen molar-refractivity contribution in [3.8, 4) is 0 Å². The molecule has 0 saturated heterocycles. The van der Waals surface area contributed by atoms with Gasteiger partial charge in [-0.25, -0.2) is 4.39 Å². The van der Waals surface area contributed by atoms with E-state index in [0.717, 1.165) is 6.42 Å². The van der Waals surface area contributed by atoms with Crippen LogP contribution in [0.2, 0.25) is 0 Å². The van der Waals surface area contributed by atoms with Crippen molar-refractivity contribution in [3.05, 3.63) is 24.8 Å². The van der Waals surface area contributed by atoms with E-state index in [2.05, 4.69) is 6.58 Å². The Bertz CT molecular complexity index is 117. The zero-order valence-corrected chi connectivity index (χ0v) is 6.73. The predicted octanol–water partition coefficient (Wildman–Crippen LogP) is 3.26. The van der Waals surface area contributed by atoms with Gasteiger partial charge in [-0.1, -0.05) is 24.8 Å². The van der Waals surface area contributed by atoms with Gasteiger partial charge in [-0.3, -0.25) is 0 Å². The van der Waals surface area contributed by atoms with E-state index in [9.17, 15) is 4.39 Å². The molecule has 58 valence electrons. The summed E-state index contributed by atoms with van der Waals surface area (Å²) in [7, 11) is 0. The van der Waals surface area contributed by atoms with E-state index in [-0.39, 0.29) is 0 Å². The Morgan fingerprint density at radius 1 is 1.50 bits per heavy atom. The van der Waals surface area contributed by atoms with Gasteiger partial charge in [0.2, 0.25) is 0 Å². The van der Waals surface area contributed by atoms with Gasteiger partial charge in [0.1, 0.15) is 5.67 Å². The second-order valence-corrected chi connectivity index (χ2v) is 2.92. The van der Waals surface area contributed by atoms with E-state index in [0.29, 0.717) is 6.42 Å². The molecule has 0 aromatic rings. The highest BCUT2D eigenvalue weighted by Crippen LogP contribution is 2.15. The van der Waals surface area contributed by atoms with Crippen molar-refractivity contribution in [1.82, 2.24) is 0 Å². The molecule has 0 fully saturated rings. The lowest BCUT2D eigenvalue weighted by molar-refractivity contribution is 0.203. The second kappa shape index (κ2) is 4.26. The van der Waals surface area contributed by atoms with Gasteiger partial charge in [0.05, 0.1) is 0 Å². The molecule has 0 saturated carbocycles. The van der Waals surface area contributed by atoms with Crippen LogP contribution in [0.1, 0.15) is 26.7 Å². The number of rotatable bonds is 4. The molecule has 0 aliphatic heterocycles. The summed E-state index contributed by atoms with van der Waals surface area (Å²) in [4.78, 5) is 0. The Kier molecular flexibility index (Phi) is 4.01. The molecule has 0 spiro atoms. The lowest BCUT2D eigenvalue weighted by Gasteiger charge is -2.10. The Morgan fingerprint density at radius 3 is 2.50 bits per heavy atom. The molecule has 0 heterocycles. The largest absolute Gasteiger partial charge is 0.244 e. The first kappa shape index (κ1) is 9.41. The monoisotopic (exact) mass is 142 g/mol. The van der Waals surface area contributed by atoms with E-state index in [1.165, 1.54) is 0 Å². The van der Waals surface area contributed by atoms with Crippen molar-refractivity contribution < 1.29 is 4.39 Å². The van der Waals surface area contributed by atoms with E-state index in [1.54, 1.807) is 19.9 Å². The maximum Gasteiger partial charge on any atom is 0.105 e. The highest BCUT2D eigenvalue weighted by molar-refractivity contribution is 4.97. The molecular formula is C9H15F. The van der Waals surface area contributed by atoms with Crippen LogP contribution in [-0.4, -0.2) is 5.67 Å². The number of hydrogen-bond donors (Lipinski definition) is 0. The molecule has 0 amide bonds. The number of allylic oxidation sites excluding steroid dienone is 3. The highest BCUT2D eigenvalue weighted by Gasteiger charge is 2.12. The molecule has 0 rings (SSSR count). The Balaban J connectivity index is 3.37. The molecule has 0 bridgehead atoms. The van der Waals surface area contributed by atoms with Gasteiger partial charge in [0.25, 0.3) is 0 Å². The zero-order valence-electron chi connectivity index (χ0n) is 6.73. The van der Waals surface area contributed by atoms with E-state index in [1.807, 2.05) is 12.2 Å². The van der Waals surface area contributed by atoms with Crippen LogP contribution >= 0.6 is 0 Å². The third kappa shape index (κ3) is 7.41. The van der Waals surface area contributed by atoms with Crippen LogP contribution in [0.25, 0.3) is 0 Å². The molecule has 1 heteroatoms. The SMILES string of the molecule is C=C/C=C/CCC(C)(C)F. The van der Waals surface area contributed by atoms with Crippen LogP contribution in [-0.2, 0) is 0 Å². The molecule has 0 radical (unpaired) electrons. The smallest absolute Gasteiger partial charge is 0.105 e. The summed E-state index contributed by atoms with van der Waals surface area (Å²) in [6.45, 7) is 6.70. The molecule has 0 N–H and O–H groups in total. The van der Waals surface area contributed by atoms with Crippen molar-refractivity contribution in [1.29, 1.82) is 0 Å². The van der Waals surface area contributed by atoms with Gasteiger partial charge in [-0.15, -0.1) is 0 Å². The van der Waals surface area contributed by atoms with Gasteiger partial charge in [-0.2, -0.15) is 0 Å². The van der Waals surface area contributed by atoms with Crippen molar-refractivity contribution >= 4 is 0 Å². The summed E-state index contributed by atoms with van der Waals surface area (Å²) in [6.07, 6.45) is 6.83. The van der Waals surface area contributed by atoms with Crippen LogP contribution in [0.15, 0.2) is 24.8 Å². The van der Waals surface area contributed by atoms with Crippen LogP contribution < -0.4 is 0 Å². The van der Waals surface area contributed by atoms with Gasteiger partial charge >= 0.3 is 0 Å². The topological polar surface area (TPSA) is 0 Å². The first-order chi connectivity index (χ1) is 4.56. The zero-order chi connectivity index (χ0) is 8.04. The average molecular weight is 142 g/mol. The fourth-order valence-electron chi connectivity index (χ4n) is 0.619. The second-order valence-electron chi connectivity index (χ2n) is 2.92. The first-order valence-corrected chi connectivity index (χ1v) is 3.53. The molecule has 0 unspecified atom stereocenters. The highest BCUT2D eigenvalue weighted by atomic mass is 19.1. The fourth-order valence-corrected chi connectivity index (χ4v) is 0.619. The van der Waals surface area contributed by atoms with E-state index >= 15 is 0 Å². The Labute approximate surface area is 62.4 Å². The van der Waals surface area contributed by atoms with E-state index in [4.69, 9.17) is 0 Å². The third-order valence-electron chi connectivity index (χ3n) is 1.18.